The van der Waals surface area contributed by atoms with Gasteiger partial charge in [0.05, 0.1) is 18.8 Å². The number of amides is 3. The Bertz CT molecular complexity index is 1240. The normalized spacial score (nSPS) is 17.0. The summed E-state index contributed by atoms with van der Waals surface area (Å²) >= 11 is 0. The summed E-state index contributed by atoms with van der Waals surface area (Å²) in [6.07, 6.45) is 0.729. The number of pyridine rings is 1. The van der Waals surface area contributed by atoms with E-state index in [0.717, 1.165) is 11.1 Å². The molecule has 192 valence electrons. The van der Waals surface area contributed by atoms with Crippen LogP contribution in [0.1, 0.15) is 48.8 Å². The second-order valence-corrected chi connectivity index (χ2v) is 9.67. The number of nitrogens with one attached hydrogen (secondary N) is 2. The maximum absolute atomic E-state index is 13.5. The van der Waals surface area contributed by atoms with Gasteiger partial charge in [-0.1, -0.05) is 61.9 Å². The molecule has 3 aromatic rings. The molecule has 3 amide bonds. The Morgan fingerprint density at radius 2 is 1.84 bits per heavy atom. The van der Waals surface area contributed by atoms with Crippen molar-refractivity contribution < 1.29 is 19.1 Å². The van der Waals surface area contributed by atoms with E-state index in [9.17, 15) is 14.4 Å². The van der Waals surface area contributed by atoms with Gasteiger partial charge < -0.3 is 15.4 Å². The van der Waals surface area contributed by atoms with Crippen molar-refractivity contribution in [2.24, 2.45) is 5.92 Å². The van der Waals surface area contributed by atoms with Gasteiger partial charge in [-0.3, -0.25) is 19.5 Å². The molecule has 2 N–H and O–H groups in total. The lowest BCUT2D eigenvalue weighted by Gasteiger charge is -2.24. The van der Waals surface area contributed by atoms with Crippen LogP contribution in [0.15, 0.2) is 72.9 Å². The lowest BCUT2D eigenvalue weighted by Crippen LogP contribution is -2.46. The first kappa shape index (κ1) is 25.9. The highest BCUT2D eigenvalue weighted by Gasteiger charge is 2.47. The van der Waals surface area contributed by atoms with Crippen LogP contribution < -0.4 is 10.6 Å². The first-order valence-electron chi connectivity index (χ1n) is 12.4. The highest BCUT2D eigenvalue weighted by molar-refractivity contribution is 5.91. The Kier molecular flexibility index (Phi) is 8.18. The van der Waals surface area contributed by atoms with Crippen LogP contribution in [-0.2, 0) is 27.4 Å². The second kappa shape index (κ2) is 11.7. The fourth-order valence-electron chi connectivity index (χ4n) is 4.34. The Labute approximate surface area is 217 Å². The lowest BCUT2D eigenvalue weighted by molar-refractivity contribution is -0.126. The predicted molar refractivity (Wildman–Crippen MR) is 140 cm³/mol. The molecule has 37 heavy (non-hydrogen) atoms. The Balaban J connectivity index is 1.56. The van der Waals surface area contributed by atoms with E-state index in [-0.39, 0.29) is 30.8 Å². The highest BCUT2D eigenvalue weighted by Crippen LogP contribution is 2.34. The molecule has 1 aliphatic rings. The maximum Gasteiger partial charge on any atom is 0.411 e. The van der Waals surface area contributed by atoms with Gasteiger partial charge >= 0.3 is 6.09 Å². The number of rotatable bonds is 9. The van der Waals surface area contributed by atoms with Crippen LogP contribution >= 0.6 is 0 Å². The van der Waals surface area contributed by atoms with E-state index < -0.39 is 18.2 Å². The Hall–Kier alpha value is -4.20. The molecule has 0 saturated carbocycles. The molecule has 0 aliphatic carbocycles. The third-order valence-electron chi connectivity index (χ3n) is 6.08. The quantitative estimate of drug-likeness (QED) is 0.442. The van der Waals surface area contributed by atoms with Crippen LogP contribution in [0, 0.1) is 12.8 Å². The van der Waals surface area contributed by atoms with Crippen molar-refractivity contribution in [3.8, 4) is 0 Å². The molecular weight excluding hydrogens is 468 g/mol. The second-order valence-electron chi connectivity index (χ2n) is 9.67. The average Bonchev–Trinajstić information content (AvgIpc) is 3.19. The molecular formula is C29H32N4O4. The molecule has 1 saturated heterocycles. The van der Waals surface area contributed by atoms with E-state index >= 15 is 0 Å². The summed E-state index contributed by atoms with van der Waals surface area (Å²) in [4.78, 5) is 44.3. The molecule has 1 aromatic heterocycles. The number of nitrogens with zero attached hydrogens (tertiary/aromatic N) is 2. The van der Waals surface area contributed by atoms with Gasteiger partial charge in [0.2, 0.25) is 11.8 Å². The summed E-state index contributed by atoms with van der Waals surface area (Å²) in [6, 6.07) is 19.5. The number of hydrogen-bond donors (Lipinski definition) is 2. The molecule has 2 atom stereocenters. The summed E-state index contributed by atoms with van der Waals surface area (Å²) in [5, 5.41) is 5.79. The van der Waals surface area contributed by atoms with E-state index in [2.05, 4.69) is 15.6 Å². The minimum Gasteiger partial charge on any atom is -0.438 e. The van der Waals surface area contributed by atoms with Crippen LogP contribution in [0.2, 0.25) is 0 Å². The highest BCUT2D eigenvalue weighted by atomic mass is 16.6. The SMILES string of the molecule is Cc1cccc(CN2C(=O)OC(c3ccc(NC(=O)CC(C)C)cc3)C2C(=O)NCc2ccccn2)c1. The van der Waals surface area contributed by atoms with E-state index in [1.165, 1.54) is 4.90 Å². The van der Waals surface area contributed by atoms with Crippen LogP contribution in [-0.4, -0.2) is 33.8 Å². The van der Waals surface area contributed by atoms with Crippen LogP contribution in [0.4, 0.5) is 10.5 Å². The fraction of sp³-hybridized carbons (Fsp3) is 0.310. The van der Waals surface area contributed by atoms with Gasteiger partial charge in [-0.25, -0.2) is 4.79 Å². The molecule has 8 heteroatoms. The van der Waals surface area contributed by atoms with E-state index in [0.29, 0.717) is 23.4 Å². The molecule has 1 fully saturated rings. The maximum atomic E-state index is 13.5. The first-order valence-corrected chi connectivity index (χ1v) is 12.4. The van der Waals surface area contributed by atoms with Crippen molar-refractivity contribution >= 4 is 23.6 Å². The van der Waals surface area contributed by atoms with Gasteiger partial charge in [-0.15, -0.1) is 0 Å². The van der Waals surface area contributed by atoms with Crippen molar-refractivity contribution in [3.63, 3.8) is 0 Å². The monoisotopic (exact) mass is 500 g/mol. The zero-order valence-electron chi connectivity index (χ0n) is 21.3. The molecule has 0 spiro atoms. The summed E-state index contributed by atoms with van der Waals surface area (Å²) in [5.74, 6) is -0.142. The number of cyclic esters (lactones) is 1. The van der Waals surface area contributed by atoms with Crippen LogP contribution in [0.5, 0.6) is 0 Å². The van der Waals surface area contributed by atoms with Crippen molar-refractivity contribution in [2.45, 2.75) is 52.4 Å². The van der Waals surface area contributed by atoms with E-state index in [4.69, 9.17) is 4.74 Å². The third-order valence-corrected chi connectivity index (χ3v) is 6.08. The molecule has 2 aromatic carbocycles. The van der Waals surface area contributed by atoms with Gasteiger partial charge in [0, 0.05) is 18.3 Å². The number of anilines is 1. The number of carbonyl (C=O) groups excluding carboxylic acids is 3. The number of carbonyl (C=O) groups is 3. The molecule has 0 radical (unpaired) electrons. The molecule has 1 aliphatic heterocycles. The van der Waals surface area contributed by atoms with Crippen molar-refractivity contribution in [3.05, 3.63) is 95.3 Å². The smallest absolute Gasteiger partial charge is 0.411 e. The number of aryl methyl sites for hydroxylation is 1. The lowest BCUT2D eigenvalue weighted by atomic mass is 10.00. The minimum absolute atomic E-state index is 0.0638. The molecule has 2 heterocycles. The average molecular weight is 501 g/mol. The van der Waals surface area contributed by atoms with Crippen LogP contribution in [0.3, 0.4) is 0 Å². The summed E-state index contributed by atoms with van der Waals surface area (Å²) in [5.41, 5.74) is 3.99. The molecule has 4 rings (SSSR count). The number of aromatic nitrogens is 1. The van der Waals surface area contributed by atoms with E-state index in [1.54, 1.807) is 30.5 Å². The minimum atomic E-state index is -0.877. The zero-order chi connectivity index (χ0) is 26.4. The summed E-state index contributed by atoms with van der Waals surface area (Å²) in [6.45, 7) is 6.42. The van der Waals surface area contributed by atoms with Gasteiger partial charge in [0.25, 0.3) is 0 Å². The zero-order valence-corrected chi connectivity index (χ0v) is 21.3. The Morgan fingerprint density at radius 3 is 2.51 bits per heavy atom. The Morgan fingerprint density at radius 1 is 1.05 bits per heavy atom. The van der Waals surface area contributed by atoms with Crippen LogP contribution in [0.25, 0.3) is 0 Å². The fourth-order valence-corrected chi connectivity index (χ4v) is 4.34. The number of benzene rings is 2. The number of hydrogen-bond acceptors (Lipinski definition) is 5. The standard InChI is InChI=1S/C29H32N4O4/c1-19(2)15-25(34)32-23-12-10-22(11-13-23)27-26(28(35)31-17-24-9-4-5-14-30-24)33(29(36)37-27)18-21-8-6-7-20(3)16-21/h4-14,16,19,26-27H,15,17-18H2,1-3H3,(H,31,35)(H,32,34). The van der Waals surface area contributed by atoms with Crippen molar-refractivity contribution in [1.82, 2.24) is 15.2 Å². The molecule has 8 nitrogen and oxygen atoms in total. The van der Waals surface area contributed by atoms with Crippen molar-refractivity contribution in [2.75, 3.05) is 5.32 Å². The predicted octanol–water partition coefficient (Wildman–Crippen LogP) is 4.75. The number of ether oxygens (including phenoxy) is 1. The van der Waals surface area contributed by atoms with E-state index in [1.807, 2.05) is 63.2 Å². The topological polar surface area (TPSA) is 101 Å². The summed E-state index contributed by atoms with van der Waals surface area (Å²) in [7, 11) is 0. The van der Waals surface area contributed by atoms with Gasteiger partial charge in [0.1, 0.15) is 0 Å². The van der Waals surface area contributed by atoms with Gasteiger partial charge in [0.15, 0.2) is 12.1 Å². The summed E-state index contributed by atoms with van der Waals surface area (Å²) < 4.78 is 5.75. The van der Waals surface area contributed by atoms with Gasteiger partial charge in [-0.2, -0.15) is 0 Å². The first-order chi connectivity index (χ1) is 17.8. The van der Waals surface area contributed by atoms with Gasteiger partial charge in [-0.05, 0) is 48.2 Å². The molecule has 0 bridgehead atoms. The van der Waals surface area contributed by atoms with Crippen molar-refractivity contribution in [1.29, 1.82) is 0 Å². The third kappa shape index (κ3) is 6.73. The molecule has 2 unspecified atom stereocenters. The largest absolute Gasteiger partial charge is 0.438 e.